The van der Waals surface area contributed by atoms with Gasteiger partial charge in [0.05, 0.1) is 0 Å². The van der Waals surface area contributed by atoms with Crippen molar-refractivity contribution in [3.05, 3.63) is 0 Å². The Labute approximate surface area is 29.2 Å². The van der Waals surface area contributed by atoms with E-state index in [1.54, 1.807) is 0 Å². The van der Waals surface area contributed by atoms with Crippen molar-refractivity contribution < 1.29 is 9.59 Å². The minimum atomic E-state index is 0. The number of rotatable bonds is 0. The first-order valence-electron chi connectivity index (χ1n) is 0.408. The Kier molecular flexibility index (Phi) is 38.9. The van der Waals surface area contributed by atoms with Gasteiger partial charge in [0, 0.05) is 0 Å². The number of halogens is 1. The summed E-state index contributed by atoms with van der Waals surface area (Å²) in [6.07, 6.45) is 0.250. The highest BCUT2D eigenvalue weighted by Gasteiger charge is 1.13. The van der Waals surface area contributed by atoms with Gasteiger partial charge in [0.25, 0.3) is 0 Å². The first-order chi connectivity index (χ1) is 1.41. The van der Waals surface area contributed by atoms with Crippen molar-refractivity contribution in [1.82, 2.24) is 0 Å². The topological polar surface area (TPSA) is 34.1 Å². The molecule has 0 aliphatic rings. The summed E-state index contributed by atoms with van der Waals surface area (Å²) < 4.78 is 0. The fourth-order valence-corrected chi connectivity index (χ4v) is 0. The lowest BCUT2D eigenvalue weighted by atomic mass is 11.8. The summed E-state index contributed by atoms with van der Waals surface area (Å²) in [5, 5.41) is 0. The van der Waals surface area contributed by atoms with Crippen LogP contribution in [0, 0.1) is 0 Å². The minimum Gasteiger partial charge on any atom is -0.186 e. The largest absolute Gasteiger partial charge is 0.373 e. The van der Waals surface area contributed by atoms with E-state index in [0.29, 0.717) is 0 Å². The van der Waals surface area contributed by atoms with Crippen LogP contribution in [0.3, 0.4) is 0 Å². The summed E-state index contributed by atoms with van der Waals surface area (Å²) in [6.45, 7) is 0. The van der Waals surface area contributed by atoms with Gasteiger partial charge in [-0.25, -0.2) is 0 Å². The molecule has 0 aromatic rings. The molecule has 3 heteroatoms. The van der Waals surface area contributed by atoms with Crippen molar-refractivity contribution in [1.29, 1.82) is 0 Å². The molecule has 0 unspecified atom stereocenters. The first kappa shape index (κ1) is 9.38. The minimum absolute atomic E-state index is 0. The van der Waals surface area contributed by atoms with Crippen LogP contribution in [0.25, 0.3) is 0 Å². The monoisotopic (exact) mass is 80.0 g/mol. The molecule has 0 fully saturated rings. The Morgan fingerprint density at radius 1 is 1.25 bits per heavy atom. The molecular formula is CHClO2. The Morgan fingerprint density at radius 2 is 1.25 bits per heavy atom. The van der Waals surface area contributed by atoms with E-state index >= 15 is 0 Å². The molecule has 0 aliphatic carbocycles. The molecule has 0 saturated carbocycles. The normalized spacial score (nSPS) is 2.00. The van der Waals surface area contributed by atoms with Crippen molar-refractivity contribution in [2.24, 2.45) is 0 Å². The summed E-state index contributed by atoms with van der Waals surface area (Å²) >= 11 is 0. The van der Waals surface area contributed by atoms with Crippen molar-refractivity contribution in [3.63, 3.8) is 0 Å². The molecule has 0 heterocycles. The highest BCUT2D eigenvalue weighted by molar-refractivity contribution is 5.85. The van der Waals surface area contributed by atoms with Gasteiger partial charge in [-0.05, 0) is 0 Å². The Bertz CT molecular complexity index is 27.0. The van der Waals surface area contributed by atoms with Gasteiger partial charge in [0.1, 0.15) is 0 Å². The molecule has 2 nitrogen and oxygen atoms in total. The zero-order valence-corrected chi connectivity index (χ0v) is 2.54. The molecule has 4 heavy (non-hydrogen) atoms. The van der Waals surface area contributed by atoms with Gasteiger partial charge in [0.15, 0.2) is 0 Å². The van der Waals surface area contributed by atoms with Gasteiger partial charge in [-0.15, -0.1) is 12.4 Å². The van der Waals surface area contributed by atoms with Gasteiger partial charge in [-0.2, -0.15) is 9.59 Å². The van der Waals surface area contributed by atoms with E-state index in [2.05, 4.69) is 0 Å². The maximum atomic E-state index is 8.12. The third-order valence-corrected chi connectivity index (χ3v) is 0. The van der Waals surface area contributed by atoms with Gasteiger partial charge < -0.3 is 0 Å². The van der Waals surface area contributed by atoms with E-state index in [4.69, 9.17) is 9.59 Å². The van der Waals surface area contributed by atoms with Crippen LogP contribution in [0.2, 0.25) is 0 Å². The van der Waals surface area contributed by atoms with Gasteiger partial charge in [-0.3, -0.25) is 0 Å². The van der Waals surface area contributed by atoms with E-state index in [9.17, 15) is 0 Å². The fraction of sp³-hybridized carbons (Fsp3) is 0. The lowest BCUT2D eigenvalue weighted by Crippen LogP contribution is -1.22. The van der Waals surface area contributed by atoms with E-state index in [-0.39, 0.29) is 18.6 Å². The van der Waals surface area contributed by atoms with E-state index < -0.39 is 0 Å². The van der Waals surface area contributed by atoms with Crippen LogP contribution >= 0.6 is 12.4 Å². The standard InChI is InChI=1S/CO2.ClH/c2-1-3;/h;1H. The molecule has 0 N–H and O–H groups in total. The second kappa shape index (κ2) is 16.6. The molecule has 24 valence electrons. The van der Waals surface area contributed by atoms with Crippen LogP contribution < -0.4 is 0 Å². The van der Waals surface area contributed by atoms with Gasteiger partial charge >= 0.3 is 6.15 Å². The van der Waals surface area contributed by atoms with Crippen LogP contribution in [-0.4, -0.2) is 6.15 Å². The van der Waals surface area contributed by atoms with Crippen LogP contribution in [0.4, 0.5) is 0 Å². The zero-order valence-electron chi connectivity index (χ0n) is 1.72. The number of hydrogen-bond donors (Lipinski definition) is 0. The van der Waals surface area contributed by atoms with E-state index in [1.807, 2.05) is 0 Å². The summed E-state index contributed by atoms with van der Waals surface area (Å²) in [5.74, 6) is 0. The maximum Gasteiger partial charge on any atom is 0.373 e. The molecule has 0 spiro atoms. The van der Waals surface area contributed by atoms with Crippen molar-refractivity contribution in [2.45, 2.75) is 0 Å². The molecular weight excluding hydrogens is 79.5 g/mol. The third kappa shape index (κ3) is 6.88. The van der Waals surface area contributed by atoms with Crippen LogP contribution in [0.5, 0.6) is 0 Å². The van der Waals surface area contributed by atoms with Crippen molar-refractivity contribution in [3.8, 4) is 0 Å². The molecule has 0 amide bonds. The lowest BCUT2D eigenvalue weighted by molar-refractivity contribution is -0.191. The number of hydrogen-bond acceptors (Lipinski definition) is 2. The first-order valence-corrected chi connectivity index (χ1v) is 0.408. The van der Waals surface area contributed by atoms with E-state index in [1.165, 1.54) is 0 Å². The van der Waals surface area contributed by atoms with Crippen molar-refractivity contribution in [2.75, 3.05) is 0 Å². The molecule has 0 radical (unpaired) electrons. The smallest absolute Gasteiger partial charge is 0.186 e. The van der Waals surface area contributed by atoms with Crippen molar-refractivity contribution >= 4 is 18.6 Å². The molecule has 0 saturated heterocycles. The Hall–Kier alpha value is -0.330. The summed E-state index contributed by atoms with van der Waals surface area (Å²) in [5.41, 5.74) is 0. The lowest BCUT2D eigenvalue weighted by Gasteiger charge is -0.945. The molecule has 0 rings (SSSR count). The summed E-state index contributed by atoms with van der Waals surface area (Å²) in [4.78, 5) is 16.2. The Morgan fingerprint density at radius 3 is 1.25 bits per heavy atom. The average molecular weight is 80.5 g/mol. The molecule has 0 aromatic carbocycles. The van der Waals surface area contributed by atoms with E-state index in [0.717, 1.165) is 0 Å². The van der Waals surface area contributed by atoms with Crippen LogP contribution in [0.1, 0.15) is 0 Å². The molecule has 0 bridgehead atoms. The second-order valence-electron chi connectivity index (χ2n) is 0.0833. The predicted molar refractivity (Wildman–Crippen MR) is 12.3 cm³/mol. The SMILES string of the molecule is Cl.O=C=O. The summed E-state index contributed by atoms with van der Waals surface area (Å²) in [7, 11) is 0. The van der Waals surface area contributed by atoms with Crippen LogP contribution in [-0.2, 0) is 9.59 Å². The van der Waals surface area contributed by atoms with Gasteiger partial charge in [-0.1, -0.05) is 0 Å². The highest BCUT2D eigenvalue weighted by atomic mass is 35.5. The quantitative estimate of drug-likeness (QED) is 0.405. The Balaban J connectivity index is 0. The second-order valence-corrected chi connectivity index (χ2v) is 0.0833. The molecule has 0 aliphatic heterocycles. The van der Waals surface area contributed by atoms with Gasteiger partial charge in [0.2, 0.25) is 0 Å². The zero-order chi connectivity index (χ0) is 2.71. The maximum absolute atomic E-state index is 8.12. The fourth-order valence-electron chi connectivity index (χ4n) is 0. The molecule has 0 atom stereocenters. The molecule has 0 aromatic heterocycles. The average Bonchev–Trinajstić information content (AvgIpc) is 0.918. The predicted octanol–water partition coefficient (Wildman–Crippen LogP) is -0.162. The number of carbonyl (C=O) groups excluding carboxylic acids is 2. The van der Waals surface area contributed by atoms with Crippen LogP contribution in [0.15, 0.2) is 0 Å². The summed E-state index contributed by atoms with van der Waals surface area (Å²) in [6, 6.07) is 0. The third-order valence-electron chi connectivity index (χ3n) is 0. The highest BCUT2D eigenvalue weighted by Crippen LogP contribution is 0.787.